The van der Waals surface area contributed by atoms with Gasteiger partial charge in [-0.3, -0.25) is 4.72 Å². The number of anilines is 2. The van der Waals surface area contributed by atoms with Crippen molar-refractivity contribution >= 4 is 33.0 Å². The van der Waals surface area contributed by atoms with Crippen LogP contribution in [-0.2, 0) is 10.0 Å². The Bertz CT molecular complexity index is 842. The lowest BCUT2D eigenvalue weighted by Crippen LogP contribution is -2.13. The lowest BCUT2D eigenvalue weighted by atomic mass is 10.1. The van der Waals surface area contributed by atoms with Gasteiger partial charge in [0.05, 0.1) is 32.9 Å². The van der Waals surface area contributed by atoms with E-state index < -0.39 is 10.0 Å². The van der Waals surface area contributed by atoms with Gasteiger partial charge in [-0.25, -0.2) is 8.42 Å². The molecule has 3 N–H and O–H groups in total. The van der Waals surface area contributed by atoms with Crippen LogP contribution < -0.4 is 10.5 Å². The summed E-state index contributed by atoms with van der Waals surface area (Å²) in [6.45, 7) is 1.68. The average molecular weight is 322 g/mol. The molecule has 2 aromatic rings. The zero-order valence-electron chi connectivity index (χ0n) is 11.1. The molecule has 0 aliphatic carbocycles. The molecule has 7 heteroatoms. The molecule has 5 nitrogen and oxygen atoms in total. The molecule has 0 aliphatic rings. The predicted octanol–water partition coefficient (Wildman–Crippen LogP) is 2.90. The van der Waals surface area contributed by atoms with E-state index in [1.54, 1.807) is 6.92 Å². The highest BCUT2D eigenvalue weighted by Crippen LogP contribution is 2.25. The van der Waals surface area contributed by atoms with Gasteiger partial charge in [-0.15, -0.1) is 0 Å². The quantitative estimate of drug-likeness (QED) is 0.849. The minimum atomic E-state index is -3.75. The van der Waals surface area contributed by atoms with Crippen molar-refractivity contribution in [2.24, 2.45) is 0 Å². The first-order chi connectivity index (χ1) is 9.83. The number of sulfonamides is 1. The molecule has 21 heavy (non-hydrogen) atoms. The number of hydrogen-bond donors (Lipinski definition) is 2. The summed E-state index contributed by atoms with van der Waals surface area (Å²) in [6, 6.07) is 10.8. The zero-order valence-corrected chi connectivity index (χ0v) is 12.7. The van der Waals surface area contributed by atoms with Gasteiger partial charge in [0.2, 0.25) is 0 Å². The van der Waals surface area contributed by atoms with Crippen molar-refractivity contribution in [1.82, 2.24) is 0 Å². The molecule has 2 aromatic carbocycles. The third kappa shape index (κ3) is 3.27. The van der Waals surface area contributed by atoms with E-state index in [1.165, 1.54) is 36.4 Å². The molecule has 0 heterocycles. The summed E-state index contributed by atoms with van der Waals surface area (Å²) in [4.78, 5) is 0.0759. The maximum atomic E-state index is 12.3. The molecule has 0 saturated heterocycles. The Morgan fingerprint density at radius 1 is 1.24 bits per heavy atom. The Morgan fingerprint density at radius 3 is 2.52 bits per heavy atom. The maximum Gasteiger partial charge on any atom is 0.261 e. The molecule has 0 atom stereocenters. The number of nitrogens with zero attached hydrogens (tertiary/aromatic N) is 1. The van der Waals surface area contributed by atoms with Crippen molar-refractivity contribution in [2.45, 2.75) is 11.8 Å². The van der Waals surface area contributed by atoms with Crippen LogP contribution in [0, 0.1) is 18.3 Å². The van der Waals surface area contributed by atoms with E-state index in [1.807, 2.05) is 6.07 Å². The standard InChI is InChI=1S/C14H12ClN3O2S/c1-9-6-12(4-2-10(9)8-16)21(19,20)18-11-3-5-14(17)13(15)7-11/h2-7,18H,17H2,1H3. The molecule has 0 unspecified atom stereocenters. The number of nitrogens with two attached hydrogens (primary N) is 1. The highest BCUT2D eigenvalue weighted by atomic mass is 35.5. The molecule has 0 bridgehead atoms. The first-order valence-electron chi connectivity index (χ1n) is 5.92. The fraction of sp³-hybridized carbons (Fsp3) is 0.0714. The minimum Gasteiger partial charge on any atom is -0.398 e. The largest absolute Gasteiger partial charge is 0.398 e. The third-order valence-corrected chi connectivity index (χ3v) is 4.59. The van der Waals surface area contributed by atoms with Gasteiger partial charge in [0.1, 0.15) is 0 Å². The summed E-state index contributed by atoms with van der Waals surface area (Å²) < 4.78 is 27.0. The van der Waals surface area contributed by atoms with Crippen molar-refractivity contribution in [1.29, 1.82) is 5.26 Å². The lowest BCUT2D eigenvalue weighted by molar-refractivity contribution is 0.601. The van der Waals surface area contributed by atoms with Crippen LogP contribution in [0.3, 0.4) is 0 Å². The van der Waals surface area contributed by atoms with E-state index >= 15 is 0 Å². The van der Waals surface area contributed by atoms with Gasteiger partial charge in [0, 0.05) is 0 Å². The van der Waals surface area contributed by atoms with Crippen LogP contribution in [0.4, 0.5) is 11.4 Å². The fourth-order valence-corrected chi connectivity index (χ4v) is 3.05. The van der Waals surface area contributed by atoms with Gasteiger partial charge in [-0.2, -0.15) is 5.26 Å². The second kappa shape index (κ2) is 5.64. The van der Waals surface area contributed by atoms with Crippen molar-refractivity contribution in [2.75, 3.05) is 10.5 Å². The van der Waals surface area contributed by atoms with Gasteiger partial charge in [0.15, 0.2) is 0 Å². The molecular weight excluding hydrogens is 310 g/mol. The number of halogens is 1. The summed E-state index contributed by atoms with van der Waals surface area (Å²) in [5, 5.41) is 9.13. The highest BCUT2D eigenvalue weighted by Gasteiger charge is 2.15. The molecule has 0 aliphatic heterocycles. The summed E-state index contributed by atoms with van der Waals surface area (Å²) in [6.07, 6.45) is 0. The highest BCUT2D eigenvalue weighted by molar-refractivity contribution is 7.92. The monoisotopic (exact) mass is 321 g/mol. The van der Waals surface area contributed by atoms with Crippen molar-refractivity contribution in [3.05, 3.63) is 52.5 Å². The first-order valence-corrected chi connectivity index (χ1v) is 7.78. The number of nitrogen functional groups attached to an aromatic ring is 1. The first kappa shape index (κ1) is 15.2. The number of aryl methyl sites for hydroxylation is 1. The van der Waals surface area contributed by atoms with Crippen LogP contribution in [0.1, 0.15) is 11.1 Å². The summed E-state index contributed by atoms with van der Waals surface area (Å²) in [7, 11) is -3.75. The number of rotatable bonds is 3. The van der Waals surface area contributed by atoms with E-state index in [9.17, 15) is 8.42 Å². The summed E-state index contributed by atoms with van der Waals surface area (Å²) >= 11 is 5.86. The molecule has 0 fully saturated rings. The van der Waals surface area contributed by atoms with Crippen LogP contribution in [0.2, 0.25) is 5.02 Å². The second-order valence-corrected chi connectivity index (χ2v) is 6.52. The SMILES string of the molecule is Cc1cc(S(=O)(=O)Nc2ccc(N)c(Cl)c2)ccc1C#N. The van der Waals surface area contributed by atoms with Crippen molar-refractivity contribution < 1.29 is 8.42 Å². The summed E-state index contributed by atoms with van der Waals surface area (Å²) in [5.74, 6) is 0. The normalized spacial score (nSPS) is 10.9. The maximum absolute atomic E-state index is 12.3. The lowest BCUT2D eigenvalue weighted by Gasteiger charge is -2.10. The number of hydrogen-bond acceptors (Lipinski definition) is 4. The number of nitrogens with one attached hydrogen (secondary N) is 1. The van der Waals surface area contributed by atoms with E-state index in [-0.39, 0.29) is 9.92 Å². The molecule has 0 spiro atoms. The van der Waals surface area contributed by atoms with Crippen LogP contribution in [0.25, 0.3) is 0 Å². The topological polar surface area (TPSA) is 96.0 Å². The molecule has 0 aromatic heterocycles. The van der Waals surface area contributed by atoms with E-state index in [0.717, 1.165) is 0 Å². The Hall–Kier alpha value is -2.23. The van der Waals surface area contributed by atoms with Gasteiger partial charge >= 0.3 is 0 Å². The number of nitriles is 1. The number of benzene rings is 2. The van der Waals surface area contributed by atoms with Gasteiger partial charge in [-0.1, -0.05) is 11.6 Å². The van der Waals surface area contributed by atoms with Gasteiger partial charge in [0.25, 0.3) is 10.0 Å². The Kier molecular flexibility index (Phi) is 4.07. The molecule has 0 saturated carbocycles. The molecule has 108 valence electrons. The van der Waals surface area contributed by atoms with E-state index in [4.69, 9.17) is 22.6 Å². The third-order valence-electron chi connectivity index (χ3n) is 2.88. The van der Waals surface area contributed by atoms with E-state index in [0.29, 0.717) is 22.5 Å². The van der Waals surface area contributed by atoms with Crippen LogP contribution in [-0.4, -0.2) is 8.42 Å². The van der Waals surface area contributed by atoms with Crippen molar-refractivity contribution in [3.63, 3.8) is 0 Å². The van der Waals surface area contributed by atoms with Crippen LogP contribution in [0.15, 0.2) is 41.3 Å². The van der Waals surface area contributed by atoms with Gasteiger partial charge < -0.3 is 5.73 Å². The van der Waals surface area contributed by atoms with Crippen LogP contribution in [0.5, 0.6) is 0 Å². The average Bonchev–Trinajstić information content (AvgIpc) is 2.42. The van der Waals surface area contributed by atoms with Crippen LogP contribution >= 0.6 is 11.6 Å². The fourth-order valence-electron chi connectivity index (χ4n) is 1.73. The molecule has 0 radical (unpaired) electrons. The Balaban J connectivity index is 2.36. The zero-order chi connectivity index (χ0) is 15.6. The van der Waals surface area contributed by atoms with Gasteiger partial charge in [-0.05, 0) is 48.9 Å². The Labute approximate surface area is 128 Å². The second-order valence-electron chi connectivity index (χ2n) is 4.43. The van der Waals surface area contributed by atoms with E-state index in [2.05, 4.69) is 4.72 Å². The summed E-state index contributed by atoms with van der Waals surface area (Å²) in [5.41, 5.74) is 7.29. The predicted molar refractivity (Wildman–Crippen MR) is 82.6 cm³/mol. The minimum absolute atomic E-state index is 0.0759. The Morgan fingerprint density at radius 2 is 1.95 bits per heavy atom. The molecule has 2 rings (SSSR count). The molecular formula is C14H12ClN3O2S. The van der Waals surface area contributed by atoms with Crippen molar-refractivity contribution in [3.8, 4) is 6.07 Å². The smallest absolute Gasteiger partial charge is 0.261 e. The molecule has 0 amide bonds.